The van der Waals surface area contributed by atoms with Crippen molar-refractivity contribution in [3.8, 4) is 0 Å². The predicted molar refractivity (Wildman–Crippen MR) is 137 cm³/mol. The second-order valence-electron chi connectivity index (χ2n) is 9.32. The van der Waals surface area contributed by atoms with Crippen LogP contribution in [0.15, 0.2) is 49.2 Å². The van der Waals surface area contributed by atoms with E-state index in [1.54, 1.807) is 6.08 Å². The monoisotopic (exact) mass is 465 g/mol. The van der Waals surface area contributed by atoms with Crippen molar-refractivity contribution in [3.05, 3.63) is 60.6 Å². The predicted octanol–water partition coefficient (Wildman–Crippen LogP) is 3.84. The van der Waals surface area contributed by atoms with Gasteiger partial charge in [-0.15, -0.1) is 0 Å². The lowest BCUT2D eigenvalue weighted by molar-refractivity contribution is -0.109. The van der Waals surface area contributed by atoms with Gasteiger partial charge in [0.25, 0.3) is 5.91 Å². The summed E-state index contributed by atoms with van der Waals surface area (Å²) in [5, 5.41) is 2.63. The quantitative estimate of drug-likeness (QED) is 0.475. The molecule has 0 aromatic carbocycles. The molecule has 3 heterocycles. The number of fused-ring (bicyclic) bond motifs is 1. The number of hydrogen-bond acceptors (Lipinski definition) is 4. The van der Waals surface area contributed by atoms with Crippen LogP contribution in [0.5, 0.6) is 0 Å². The first-order valence-corrected chi connectivity index (χ1v) is 12.5. The van der Waals surface area contributed by atoms with E-state index < -0.39 is 0 Å². The Morgan fingerprint density at radius 3 is 2.74 bits per heavy atom. The second-order valence-corrected chi connectivity index (χ2v) is 9.32. The fourth-order valence-electron chi connectivity index (χ4n) is 4.41. The molecular formula is C27H39N5O2. The van der Waals surface area contributed by atoms with Crippen LogP contribution < -0.4 is 5.32 Å². The largest absolute Gasteiger partial charge is 0.358 e. The van der Waals surface area contributed by atoms with Crippen molar-refractivity contribution in [1.29, 1.82) is 0 Å². The number of pyridine rings is 1. The van der Waals surface area contributed by atoms with Crippen LogP contribution in [0.25, 0.3) is 5.65 Å². The van der Waals surface area contributed by atoms with Crippen LogP contribution >= 0.6 is 0 Å². The Labute approximate surface area is 203 Å². The summed E-state index contributed by atoms with van der Waals surface area (Å²) in [7, 11) is 0. The maximum Gasteiger partial charge on any atom is 0.274 e. The van der Waals surface area contributed by atoms with Crippen molar-refractivity contribution in [2.45, 2.75) is 52.0 Å². The molecule has 1 unspecified atom stereocenters. The minimum absolute atomic E-state index is 0.0727. The number of allylic oxidation sites excluding steroid dienone is 3. The van der Waals surface area contributed by atoms with Crippen LogP contribution in [-0.4, -0.2) is 70.3 Å². The first-order valence-electron chi connectivity index (χ1n) is 12.5. The topological polar surface area (TPSA) is 70.0 Å². The summed E-state index contributed by atoms with van der Waals surface area (Å²) in [6.07, 6.45) is 14.4. The summed E-state index contributed by atoms with van der Waals surface area (Å²) < 4.78 is 1.99. The number of nitrogens with zero attached hydrogens (tertiary/aromatic N) is 4. The molecule has 1 saturated heterocycles. The van der Waals surface area contributed by atoms with Crippen molar-refractivity contribution in [3.63, 3.8) is 0 Å². The van der Waals surface area contributed by atoms with Crippen LogP contribution in [-0.2, 0) is 4.79 Å². The SMILES string of the molecule is C=C/C=C\CC(C)CNC=O.Cc1cccc2nc(C(=O)N3CCCN(C4CCC4)CC3)cn12. The molecule has 34 heavy (non-hydrogen) atoms. The Morgan fingerprint density at radius 1 is 1.24 bits per heavy atom. The van der Waals surface area contributed by atoms with Gasteiger partial charge in [-0.1, -0.05) is 44.2 Å². The molecule has 2 amide bonds. The second kappa shape index (κ2) is 13.1. The summed E-state index contributed by atoms with van der Waals surface area (Å²) in [6.45, 7) is 12.2. The van der Waals surface area contributed by atoms with Crippen LogP contribution in [0.2, 0.25) is 0 Å². The van der Waals surface area contributed by atoms with Gasteiger partial charge in [-0.3, -0.25) is 14.5 Å². The highest BCUT2D eigenvalue weighted by Crippen LogP contribution is 2.25. The molecule has 1 saturated carbocycles. The molecule has 0 bridgehead atoms. The van der Waals surface area contributed by atoms with Gasteiger partial charge in [-0.2, -0.15) is 0 Å². The Hall–Kier alpha value is -2.93. The first kappa shape index (κ1) is 25.7. The molecule has 2 aromatic rings. The number of carbonyl (C=O) groups excluding carboxylic acids is 2. The van der Waals surface area contributed by atoms with Gasteiger partial charge in [0.15, 0.2) is 0 Å². The third-order valence-corrected chi connectivity index (χ3v) is 6.68. The number of hydrogen-bond donors (Lipinski definition) is 1. The van der Waals surface area contributed by atoms with Crippen molar-refractivity contribution in [1.82, 2.24) is 24.5 Å². The highest BCUT2D eigenvalue weighted by Gasteiger charge is 2.28. The number of aromatic nitrogens is 2. The van der Waals surface area contributed by atoms with Crippen LogP contribution in [0, 0.1) is 12.8 Å². The minimum atomic E-state index is 0.0727. The number of carbonyl (C=O) groups is 2. The first-order chi connectivity index (χ1) is 16.5. The van der Waals surface area contributed by atoms with E-state index >= 15 is 0 Å². The molecule has 0 radical (unpaired) electrons. The Balaban J connectivity index is 0.000000252. The van der Waals surface area contributed by atoms with Gasteiger partial charge in [0.2, 0.25) is 6.41 Å². The van der Waals surface area contributed by atoms with Crippen LogP contribution in [0.4, 0.5) is 0 Å². The molecule has 0 spiro atoms. The zero-order valence-electron chi connectivity index (χ0n) is 20.7. The molecule has 1 aliphatic heterocycles. The normalized spacial score (nSPS) is 18.0. The van der Waals surface area contributed by atoms with E-state index in [1.807, 2.05) is 52.8 Å². The fourth-order valence-corrected chi connectivity index (χ4v) is 4.41. The van der Waals surface area contributed by atoms with Crippen LogP contribution in [0.1, 0.15) is 55.2 Å². The van der Waals surface area contributed by atoms with Gasteiger partial charge in [0.1, 0.15) is 11.3 Å². The van der Waals surface area contributed by atoms with E-state index in [2.05, 4.69) is 28.7 Å². The van der Waals surface area contributed by atoms with E-state index in [1.165, 1.54) is 19.3 Å². The molecule has 1 atom stereocenters. The van der Waals surface area contributed by atoms with Gasteiger partial charge >= 0.3 is 0 Å². The van der Waals surface area contributed by atoms with Crippen molar-refractivity contribution in [2.75, 3.05) is 32.7 Å². The van der Waals surface area contributed by atoms with E-state index in [-0.39, 0.29) is 5.91 Å². The molecular weight excluding hydrogens is 426 g/mol. The molecule has 7 heteroatoms. The van der Waals surface area contributed by atoms with Gasteiger partial charge in [0, 0.05) is 50.7 Å². The lowest BCUT2D eigenvalue weighted by Gasteiger charge is -2.36. The van der Waals surface area contributed by atoms with Crippen molar-refractivity contribution >= 4 is 18.0 Å². The van der Waals surface area contributed by atoms with Gasteiger partial charge in [-0.05, 0) is 50.7 Å². The molecule has 184 valence electrons. The minimum Gasteiger partial charge on any atom is -0.358 e. The average molecular weight is 466 g/mol. The summed E-state index contributed by atoms with van der Waals surface area (Å²) in [5.41, 5.74) is 2.51. The maximum atomic E-state index is 12.8. The smallest absolute Gasteiger partial charge is 0.274 e. The van der Waals surface area contributed by atoms with E-state index in [0.717, 1.165) is 69.4 Å². The maximum absolute atomic E-state index is 12.8. The summed E-state index contributed by atoms with van der Waals surface area (Å²) in [5.74, 6) is 0.569. The highest BCUT2D eigenvalue weighted by atomic mass is 16.2. The van der Waals surface area contributed by atoms with E-state index in [9.17, 15) is 9.59 Å². The van der Waals surface area contributed by atoms with Crippen LogP contribution in [0.3, 0.4) is 0 Å². The van der Waals surface area contributed by atoms with E-state index in [4.69, 9.17) is 0 Å². The number of rotatable bonds is 8. The third kappa shape index (κ3) is 7.03. The molecule has 2 aromatic heterocycles. The standard InChI is InChI=1S/C18H24N4O.C9H15NO/c1-14-5-2-8-17-19-16(13-22(14)17)18(23)21-10-4-9-20(11-12-21)15-6-3-7-15;1-3-4-5-6-9(2)7-10-8-11/h2,5,8,13,15H,3-4,6-7,9-12H2,1H3;3-5,8-9H,1,6-7H2,2H3,(H,10,11)/b;5-4-. The van der Waals surface area contributed by atoms with Crippen molar-refractivity contribution < 1.29 is 9.59 Å². The Bertz CT molecular complexity index is 979. The summed E-state index contributed by atoms with van der Waals surface area (Å²) >= 11 is 0. The van der Waals surface area contributed by atoms with Gasteiger partial charge in [-0.25, -0.2) is 4.98 Å². The lowest BCUT2D eigenvalue weighted by Crippen LogP contribution is -2.42. The van der Waals surface area contributed by atoms with Gasteiger partial charge in [0.05, 0.1) is 0 Å². The number of amides is 2. The average Bonchev–Trinajstić information content (AvgIpc) is 3.11. The lowest BCUT2D eigenvalue weighted by atomic mass is 9.91. The fraction of sp³-hybridized carbons (Fsp3) is 0.519. The molecule has 1 aliphatic carbocycles. The van der Waals surface area contributed by atoms with Gasteiger partial charge < -0.3 is 14.6 Å². The number of imidazole rings is 1. The zero-order chi connectivity index (χ0) is 24.3. The third-order valence-electron chi connectivity index (χ3n) is 6.68. The summed E-state index contributed by atoms with van der Waals surface area (Å²) in [4.78, 5) is 31.8. The molecule has 4 rings (SSSR count). The Kier molecular flexibility index (Phi) is 9.89. The molecule has 2 aliphatic rings. The summed E-state index contributed by atoms with van der Waals surface area (Å²) in [6, 6.07) is 6.73. The van der Waals surface area contributed by atoms with E-state index in [0.29, 0.717) is 11.6 Å². The number of nitrogens with one attached hydrogen (secondary N) is 1. The molecule has 1 N–H and O–H groups in total. The molecule has 7 nitrogen and oxygen atoms in total. The highest BCUT2D eigenvalue weighted by molar-refractivity contribution is 5.93. The molecule has 2 fully saturated rings. The Morgan fingerprint density at radius 2 is 2.06 bits per heavy atom. The van der Waals surface area contributed by atoms with Crippen molar-refractivity contribution in [2.24, 2.45) is 5.92 Å². The zero-order valence-corrected chi connectivity index (χ0v) is 20.7. The number of aryl methyl sites for hydroxylation is 1.